The molecule has 9 heteroatoms. The van der Waals surface area contributed by atoms with E-state index in [1.807, 2.05) is 33.7 Å². The summed E-state index contributed by atoms with van der Waals surface area (Å²) in [5, 5.41) is 8.48. The molecule has 0 saturated carbocycles. The normalized spacial score (nSPS) is 16.3. The monoisotopic (exact) mass is 423 g/mol. The second kappa shape index (κ2) is 7.90. The van der Waals surface area contributed by atoms with E-state index in [1.165, 1.54) is 12.3 Å². The molecule has 3 aromatic heterocycles. The Kier molecular flexibility index (Phi) is 4.93. The minimum atomic E-state index is -0.723. The molecule has 5 rings (SSSR count). The number of aromatic nitrogens is 4. The van der Waals surface area contributed by atoms with Crippen molar-refractivity contribution < 1.29 is 18.0 Å². The van der Waals surface area contributed by atoms with Gasteiger partial charge in [-0.1, -0.05) is 12.1 Å². The van der Waals surface area contributed by atoms with Gasteiger partial charge in [-0.05, 0) is 37.1 Å². The third kappa shape index (κ3) is 3.56. The molecule has 1 aliphatic rings. The molecule has 0 radical (unpaired) electrons. The average molecular weight is 423 g/mol. The Labute approximate surface area is 176 Å². The predicted molar refractivity (Wildman–Crippen MR) is 107 cm³/mol. The van der Waals surface area contributed by atoms with Crippen LogP contribution in [-0.4, -0.2) is 36.9 Å². The van der Waals surface area contributed by atoms with Gasteiger partial charge in [-0.25, -0.2) is 13.8 Å². The van der Waals surface area contributed by atoms with Gasteiger partial charge < -0.3 is 9.32 Å². The topological polar surface area (TPSA) is 76.5 Å². The summed E-state index contributed by atoms with van der Waals surface area (Å²) in [5.74, 6) is -0.484. The molecule has 31 heavy (non-hydrogen) atoms. The number of nitrogens with zero attached hydrogens (tertiary/aromatic N) is 5. The largest absolute Gasteiger partial charge is 0.441 e. The molecule has 1 fully saturated rings. The van der Waals surface area contributed by atoms with Gasteiger partial charge in [-0.15, -0.1) is 10.2 Å². The number of oxazole rings is 1. The quantitative estimate of drug-likeness (QED) is 0.486. The Morgan fingerprint density at radius 3 is 2.81 bits per heavy atom. The van der Waals surface area contributed by atoms with Gasteiger partial charge in [0, 0.05) is 25.6 Å². The Bertz CT molecular complexity index is 1230. The molecule has 1 atom stereocenters. The highest BCUT2D eigenvalue weighted by molar-refractivity contribution is 5.77. The van der Waals surface area contributed by atoms with Crippen LogP contribution < -0.4 is 0 Å². The Morgan fingerprint density at radius 2 is 1.97 bits per heavy atom. The lowest BCUT2D eigenvalue weighted by Gasteiger charge is -2.23. The number of hydrogen-bond acceptors (Lipinski definition) is 5. The van der Waals surface area contributed by atoms with Gasteiger partial charge in [-0.3, -0.25) is 9.20 Å². The van der Waals surface area contributed by atoms with E-state index in [2.05, 4.69) is 15.2 Å². The summed E-state index contributed by atoms with van der Waals surface area (Å²) in [5.41, 5.74) is 0.482. The summed E-state index contributed by atoms with van der Waals surface area (Å²) in [4.78, 5) is 18.8. The average Bonchev–Trinajstić information content (AvgIpc) is 3.51. The molecule has 0 aliphatic carbocycles. The Hall–Kier alpha value is -3.62. The van der Waals surface area contributed by atoms with Crippen molar-refractivity contribution in [2.75, 3.05) is 6.54 Å². The van der Waals surface area contributed by atoms with E-state index in [1.54, 1.807) is 0 Å². The fraction of sp³-hybridized carbons (Fsp3) is 0.273. The molecule has 4 aromatic rings. The van der Waals surface area contributed by atoms with Crippen LogP contribution in [0.2, 0.25) is 0 Å². The standard InChI is InChI=1S/C22H19F2N5O2/c23-14-5-3-6-15(24)21(14)17-13-25-19(31-17)9-10-20(30)28-12-4-7-16(28)22-27-26-18-8-1-2-11-29(18)22/h1-3,5-6,8,11,13,16H,4,7,9-10,12H2/t16-/m0/s1. The number of likely N-dealkylation sites (tertiary alicyclic amines) is 1. The van der Waals surface area contributed by atoms with Gasteiger partial charge in [0.05, 0.1) is 17.8 Å². The molecule has 0 N–H and O–H groups in total. The zero-order valence-electron chi connectivity index (χ0n) is 16.5. The second-order valence-corrected chi connectivity index (χ2v) is 7.45. The van der Waals surface area contributed by atoms with Crippen LogP contribution in [0.15, 0.2) is 53.2 Å². The number of fused-ring (bicyclic) bond motifs is 1. The van der Waals surface area contributed by atoms with Gasteiger partial charge in [0.25, 0.3) is 0 Å². The van der Waals surface area contributed by atoms with E-state index >= 15 is 0 Å². The summed E-state index contributed by atoms with van der Waals surface area (Å²) in [6.45, 7) is 0.641. The lowest BCUT2D eigenvalue weighted by atomic mass is 10.1. The summed E-state index contributed by atoms with van der Waals surface area (Å²) in [6.07, 6.45) is 5.28. The van der Waals surface area contributed by atoms with Crippen molar-refractivity contribution >= 4 is 11.6 Å². The first-order valence-electron chi connectivity index (χ1n) is 10.1. The van der Waals surface area contributed by atoms with E-state index in [4.69, 9.17) is 4.42 Å². The fourth-order valence-electron chi connectivity index (χ4n) is 4.05. The Balaban J connectivity index is 1.29. The van der Waals surface area contributed by atoms with Crippen LogP contribution in [0.4, 0.5) is 8.78 Å². The first-order valence-corrected chi connectivity index (χ1v) is 10.1. The third-order valence-electron chi connectivity index (χ3n) is 5.53. The molecule has 1 saturated heterocycles. The summed E-state index contributed by atoms with van der Waals surface area (Å²) < 4.78 is 35.3. The minimum absolute atomic E-state index is 0.00651. The van der Waals surface area contributed by atoms with Crippen molar-refractivity contribution in [3.63, 3.8) is 0 Å². The number of benzene rings is 1. The van der Waals surface area contributed by atoms with Crippen molar-refractivity contribution in [3.05, 3.63) is 72.1 Å². The lowest BCUT2D eigenvalue weighted by molar-refractivity contribution is -0.132. The van der Waals surface area contributed by atoms with E-state index in [0.29, 0.717) is 6.54 Å². The van der Waals surface area contributed by atoms with Crippen molar-refractivity contribution in [1.29, 1.82) is 0 Å². The maximum Gasteiger partial charge on any atom is 0.223 e. The lowest BCUT2D eigenvalue weighted by Crippen LogP contribution is -2.31. The highest BCUT2D eigenvalue weighted by atomic mass is 19.1. The predicted octanol–water partition coefficient (Wildman–Crippen LogP) is 3.96. The van der Waals surface area contributed by atoms with Gasteiger partial charge in [0.15, 0.2) is 23.1 Å². The summed E-state index contributed by atoms with van der Waals surface area (Å²) in [6, 6.07) is 9.13. The maximum absolute atomic E-state index is 14.0. The van der Waals surface area contributed by atoms with Crippen LogP contribution >= 0.6 is 0 Å². The second-order valence-electron chi connectivity index (χ2n) is 7.45. The molecule has 1 aliphatic heterocycles. The molecule has 1 aromatic carbocycles. The van der Waals surface area contributed by atoms with E-state index in [0.717, 1.165) is 36.4 Å². The number of carbonyl (C=O) groups excluding carboxylic acids is 1. The van der Waals surface area contributed by atoms with Crippen molar-refractivity contribution in [1.82, 2.24) is 24.5 Å². The number of pyridine rings is 1. The summed E-state index contributed by atoms with van der Waals surface area (Å²) >= 11 is 0. The molecule has 7 nitrogen and oxygen atoms in total. The van der Waals surface area contributed by atoms with Crippen LogP contribution in [0.25, 0.3) is 17.0 Å². The third-order valence-corrected chi connectivity index (χ3v) is 5.53. The van der Waals surface area contributed by atoms with Crippen LogP contribution in [0.1, 0.15) is 37.0 Å². The smallest absolute Gasteiger partial charge is 0.223 e. The number of aryl methyl sites for hydroxylation is 1. The first-order chi connectivity index (χ1) is 15.1. The highest BCUT2D eigenvalue weighted by Gasteiger charge is 2.33. The minimum Gasteiger partial charge on any atom is -0.441 e. The van der Waals surface area contributed by atoms with Crippen LogP contribution in [0, 0.1) is 11.6 Å². The zero-order chi connectivity index (χ0) is 21.4. The maximum atomic E-state index is 14.0. The number of halogens is 2. The summed E-state index contributed by atoms with van der Waals surface area (Å²) in [7, 11) is 0. The molecular formula is C22H19F2N5O2. The van der Waals surface area contributed by atoms with Gasteiger partial charge >= 0.3 is 0 Å². The Morgan fingerprint density at radius 1 is 1.13 bits per heavy atom. The van der Waals surface area contributed by atoms with E-state index < -0.39 is 11.6 Å². The van der Waals surface area contributed by atoms with Crippen molar-refractivity contribution in [3.8, 4) is 11.3 Å². The van der Waals surface area contributed by atoms with E-state index in [-0.39, 0.29) is 42.0 Å². The zero-order valence-corrected chi connectivity index (χ0v) is 16.5. The first kappa shape index (κ1) is 19.3. The molecular weight excluding hydrogens is 404 g/mol. The number of hydrogen-bond donors (Lipinski definition) is 0. The number of amides is 1. The number of rotatable bonds is 5. The molecule has 0 bridgehead atoms. The van der Waals surface area contributed by atoms with Crippen molar-refractivity contribution in [2.45, 2.75) is 31.7 Å². The van der Waals surface area contributed by atoms with Crippen molar-refractivity contribution in [2.24, 2.45) is 0 Å². The van der Waals surface area contributed by atoms with Crippen LogP contribution in [-0.2, 0) is 11.2 Å². The SMILES string of the molecule is O=C(CCc1ncc(-c2c(F)cccc2F)o1)N1CCC[C@H]1c1nnc2ccccn12. The molecule has 158 valence electrons. The highest BCUT2D eigenvalue weighted by Crippen LogP contribution is 2.32. The fourth-order valence-corrected chi connectivity index (χ4v) is 4.05. The van der Waals surface area contributed by atoms with Crippen LogP contribution in [0.3, 0.4) is 0 Å². The molecule has 0 unspecified atom stereocenters. The van der Waals surface area contributed by atoms with Gasteiger partial charge in [-0.2, -0.15) is 0 Å². The number of carbonyl (C=O) groups is 1. The van der Waals surface area contributed by atoms with Gasteiger partial charge in [0.2, 0.25) is 5.91 Å². The molecule has 1 amide bonds. The van der Waals surface area contributed by atoms with Crippen LogP contribution in [0.5, 0.6) is 0 Å². The van der Waals surface area contributed by atoms with E-state index in [9.17, 15) is 13.6 Å². The molecule has 0 spiro atoms. The van der Waals surface area contributed by atoms with Gasteiger partial charge in [0.1, 0.15) is 11.6 Å². The molecule has 4 heterocycles.